The van der Waals surface area contributed by atoms with Crippen LogP contribution in [0.3, 0.4) is 0 Å². The summed E-state index contributed by atoms with van der Waals surface area (Å²) in [5.41, 5.74) is 0. The quantitative estimate of drug-likeness (QED) is 0.306. The van der Waals surface area contributed by atoms with Gasteiger partial charge in [0, 0.05) is 0 Å². The van der Waals surface area contributed by atoms with Crippen molar-refractivity contribution in [1.82, 2.24) is 0 Å². The summed E-state index contributed by atoms with van der Waals surface area (Å²) in [4.78, 5) is 0. The van der Waals surface area contributed by atoms with E-state index in [2.05, 4.69) is 0 Å². The van der Waals surface area contributed by atoms with Crippen molar-refractivity contribution in [1.29, 1.82) is 0 Å². The summed E-state index contributed by atoms with van der Waals surface area (Å²) in [6, 6.07) is 0. The Labute approximate surface area is 71.0 Å². The maximum absolute atomic E-state index is 8.94. The SMILES string of the molecule is O=[As](O)(O)O.[H-].[H-].[Li+].[Li+]. The molecule has 0 radical (unpaired) electrons. The van der Waals surface area contributed by atoms with Crippen molar-refractivity contribution in [3.05, 3.63) is 0 Å². The Hall–Kier alpha value is 1.43. The van der Waals surface area contributed by atoms with Gasteiger partial charge in [0.05, 0.1) is 0 Å². The zero-order chi connectivity index (χ0) is 4.50. The van der Waals surface area contributed by atoms with Gasteiger partial charge in [-0.05, 0) is 0 Å². The summed E-state index contributed by atoms with van der Waals surface area (Å²) >= 11 is -5.12. The van der Waals surface area contributed by atoms with Crippen LogP contribution in [-0.2, 0) is 3.74 Å². The van der Waals surface area contributed by atoms with Gasteiger partial charge in [0.1, 0.15) is 0 Å². The zero-order valence-electron chi connectivity index (χ0n) is 6.20. The van der Waals surface area contributed by atoms with E-state index in [4.69, 9.17) is 16.0 Å². The van der Waals surface area contributed by atoms with Crippen LogP contribution in [0.1, 0.15) is 2.85 Å². The predicted molar refractivity (Wildman–Crippen MR) is 15.3 cm³/mol. The van der Waals surface area contributed by atoms with Crippen molar-refractivity contribution in [2.24, 2.45) is 0 Å². The fraction of sp³-hybridized carbons (Fsp3) is 0. The molecule has 0 rings (SSSR count). The van der Waals surface area contributed by atoms with E-state index in [1.807, 2.05) is 0 Å². The molecular formula is H5AsLi2O4. The first kappa shape index (κ1) is 15.8. The van der Waals surface area contributed by atoms with Crippen LogP contribution in [0.5, 0.6) is 0 Å². The normalized spacial score (nSPS) is 8.43. The van der Waals surface area contributed by atoms with E-state index < -0.39 is 14.5 Å². The Balaban J connectivity index is -0.0000000133. The summed E-state index contributed by atoms with van der Waals surface area (Å²) in [6.45, 7) is 0. The predicted octanol–water partition coefficient (Wildman–Crippen LogP) is -7.94. The third kappa shape index (κ3) is 107. The van der Waals surface area contributed by atoms with Gasteiger partial charge >= 0.3 is 68.3 Å². The van der Waals surface area contributed by atoms with Gasteiger partial charge in [-0.3, -0.25) is 0 Å². The summed E-state index contributed by atoms with van der Waals surface area (Å²) in [5.74, 6) is 0. The van der Waals surface area contributed by atoms with Crippen LogP contribution < -0.4 is 37.7 Å². The van der Waals surface area contributed by atoms with Crippen molar-refractivity contribution in [3.8, 4) is 0 Å². The van der Waals surface area contributed by atoms with Crippen LogP contribution in [-0.4, -0.2) is 26.8 Å². The maximum atomic E-state index is 8.94. The third-order valence-corrected chi connectivity index (χ3v) is 0. The first-order valence-electron chi connectivity index (χ1n) is 0.783. The average molecular weight is 158 g/mol. The Morgan fingerprint density at radius 1 is 1.14 bits per heavy atom. The molecule has 0 heterocycles. The van der Waals surface area contributed by atoms with Crippen molar-refractivity contribution in [2.45, 2.75) is 0 Å². The van der Waals surface area contributed by atoms with Gasteiger partial charge in [-0.2, -0.15) is 0 Å². The van der Waals surface area contributed by atoms with E-state index in [9.17, 15) is 0 Å². The van der Waals surface area contributed by atoms with E-state index in [0.29, 0.717) is 0 Å². The van der Waals surface area contributed by atoms with Crippen molar-refractivity contribution >= 4 is 14.5 Å². The molecule has 0 aromatic heterocycles. The van der Waals surface area contributed by atoms with E-state index in [1.54, 1.807) is 0 Å². The average Bonchev–Trinajstić information content (AvgIpc) is 0.722. The molecular weight excluding hydrogens is 153 g/mol. The summed E-state index contributed by atoms with van der Waals surface area (Å²) in [6.07, 6.45) is 0. The van der Waals surface area contributed by atoms with Crippen LogP contribution in [0.25, 0.3) is 0 Å². The van der Waals surface area contributed by atoms with Gasteiger partial charge in [0.25, 0.3) is 0 Å². The molecule has 0 fully saturated rings. The molecule has 0 atom stereocenters. The molecule has 0 bridgehead atoms. The van der Waals surface area contributed by atoms with Crippen molar-refractivity contribution in [2.75, 3.05) is 0 Å². The summed E-state index contributed by atoms with van der Waals surface area (Å²) in [5, 5.41) is 0. The Morgan fingerprint density at radius 2 is 1.14 bits per heavy atom. The molecule has 0 aliphatic heterocycles. The third-order valence-electron chi connectivity index (χ3n) is 0. The molecule has 0 unspecified atom stereocenters. The van der Waals surface area contributed by atoms with E-state index in [1.165, 1.54) is 0 Å². The molecule has 0 saturated heterocycles. The Bertz CT molecular complexity index is 62.7. The first-order valence-corrected chi connectivity index (χ1v) is 4.07. The number of hydrogen-bond acceptors (Lipinski definition) is 1. The topological polar surface area (TPSA) is 77.8 Å². The van der Waals surface area contributed by atoms with Gasteiger partial charge in [0.15, 0.2) is 0 Å². The standard InChI is InChI=1S/AsH3O4.2Li.2H/c2-1(3,4)5;;;;/h(H3,2,3,4,5);;;;/q;2*+1;2*-1. The molecule has 4 nitrogen and oxygen atoms in total. The van der Waals surface area contributed by atoms with Crippen molar-refractivity contribution < 1.29 is 56.6 Å². The molecule has 3 N–H and O–H groups in total. The number of rotatable bonds is 0. The smallest absolute Gasteiger partial charge is 1.00 e. The second-order valence-electron chi connectivity index (χ2n) is 0.513. The van der Waals surface area contributed by atoms with Gasteiger partial charge in [-0.25, -0.2) is 0 Å². The van der Waals surface area contributed by atoms with Crippen LogP contribution in [0.4, 0.5) is 0 Å². The minimum atomic E-state index is -5.12. The molecule has 7 heteroatoms. The molecule has 0 aliphatic carbocycles. The zero-order valence-corrected chi connectivity index (χ0v) is 6.07. The Morgan fingerprint density at radius 3 is 1.14 bits per heavy atom. The fourth-order valence-electron chi connectivity index (χ4n) is 0. The van der Waals surface area contributed by atoms with E-state index >= 15 is 0 Å². The molecule has 0 aromatic rings. The van der Waals surface area contributed by atoms with Crippen molar-refractivity contribution in [3.63, 3.8) is 0 Å². The fourth-order valence-corrected chi connectivity index (χ4v) is 0. The molecule has 0 saturated carbocycles. The minimum Gasteiger partial charge on any atom is -1.00 e. The van der Waals surface area contributed by atoms with Crippen LogP contribution in [0.2, 0.25) is 0 Å². The largest absolute Gasteiger partial charge is 1.00 e. The molecule has 0 aromatic carbocycles. The van der Waals surface area contributed by atoms with Gasteiger partial charge in [-0.1, -0.05) is 0 Å². The first-order chi connectivity index (χ1) is 2.00. The molecule has 36 valence electrons. The Kier molecular flexibility index (Phi) is 12.6. The monoisotopic (exact) mass is 158 g/mol. The van der Waals surface area contributed by atoms with Gasteiger partial charge in [0.2, 0.25) is 0 Å². The number of hydrogen-bond donors (Lipinski definition) is 3. The minimum absolute atomic E-state index is 0. The molecule has 0 spiro atoms. The van der Waals surface area contributed by atoms with Gasteiger partial charge < -0.3 is 2.85 Å². The van der Waals surface area contributed by atoms with Crippen LogP contribution >= 0.6 is 0 Å². The van der Waals surface area contributed by atoms with Gasteiger partial charge in [-0.15, -0.1) is 0 Å². The summed E-state index contributed by atoms with van der Waals surface area (Å²) < 4.78 is 30.7. The molecule has 0 aliphatic rings. The molecule has 0 amide bonds. The summed E-state index contributed by atoms with van der Waals surface area (Å²) in [7, 11) is 0. The van der Waals surface area contributed by atoms with Crippen LogP contribution in [0.15, 0.2) is 0 Å². The second-order valence-corrected chi connectivity index (χ2v) is 2.67. The van der Waals surface area contributed by atoms with E-state index in [0.717, 1.165) is 0 Å². The van der Waals surface area contributed by atoms with E-state index in [-0.39, 0.29) is 40.6 Å². The second kappa shape index (κ2) is 5.57. The van der Waals surface area contributed by atoms with Crippen LogP contribution in [0, 0.1) is 0 Å². The molecule has 7 heavy (non-hydrogen) atoms. The maximum Gasteiger partial charge on any atom is 1.00 e.